The maximum absolute atomic E-state index is 5.74. The Labute approximate surface area is 142 Å². The highest BCUT2D eigenvalue weighted by molar-refractivity contribution is 9.11. The smallest absolute Gasteiger partial charge is 0.106 e. The first-order chi connectivity index (χ1) is 8.97. The molecular formula is C13H9Br3N2S. The Morgan fingerprint density at radius 1 is 0.947 bits per heavy atom. The second-order valence-electron chi connectivity index (χ2n) is 3.80. The van der Waals surface area contributed by atoms with Gasteiger partial charge in [-0.2, -0.15) is 0 Å². The molecular weight excluding hydrogens is 456 g/mol. The number of rotatable bonds is 3. The molecule has 2 nitrogen and oxygen atoms in total. The maximum atomic E-state index is 5.74. The molecule has 19 heavy (non-hydrogen) atoms. The topological polar surface area (TPSA) is 38.0 Å². The van der Waals surface area contributed by atoms with E-state index in [1.165, 1.54) is 0 Å². The van der Waals surface area contributed by atoms with E-state index in [0.717, 1.165) is 30.4 Å². The van der Waals surface area contributed by atoms with E-state index in [0.29, 0.717) is 4.99 Å². The van der Waals surface area contributed by atoms with Crippen molar-refractivity contribution in [2.24, 2.45) is 5.73 Å². The standard InChI is InChI=1S/C13H9Br3N2S/c14-7-2-4-11(10(16)5-7)18-12-6-8(15)1-3-9(12)13(17)19/h1-6,18H,(H2,17,19). The fraction of sp³-hybridized carbons (Fsp3) is 0. The van der Waals surface area contributed by atoms with E-state index < -0.39 is 0 Å². The summed E-state index contributed by atoms with van der Waals surface area (Å²) in [6, 6.07) is 11.7. The molecule has 0 unspecified atom stereocenters. The van der Waals surface area contributed by atoms with Gasteiger partial charge in [-0.05, 0) is 52.3 Å². The van der Waals surface area contributed by atoms with Gasteiger partial charge in [0.1, 0.15) is 4.99 Å². The summed E-state index contributed by atoms with van der Waals surface area (Å²) < 4.78 is 2.92. The van der Waals surface area contributed by atoms with Crippen LogP contribution < -0.4 is 11.1 Å². The highest BCUT2D eigenvalue weighted by atomic mass is 79.9. The Hall–Kier alpha value is -0.430. The van der Waals surface area contributed by atoms with E-state index in [-0.39, 0.29) is 0 Å². The van der Waals surface area contributed by atoms with Gasteiger partial charge in [-0.25, -0.2) is 0 Å². The van der Waals surface area contributed by atoms with Crippen molar-refractivity contribution >= 4 is 76.4 Å². The molecule has 3 N–H and O–H groups in total. The molecule has 0 radical (unpaired) electrons. The van der Waals surface area contributed by atoms with Crippen molar-refractivity contribution in [3.8, 4) is 0 Å². The second-order valence-corrected chi connectivity index (χ2v) is 6.93. The summed E-state index contributed by atoms with van der Waals surface area (Å²) in [5.74, 6) is 0. The number of hydrogen-bond acceptors (Lipinski definition) is 2. The number of halogens is 3. The first-order valence-electron chi connectivity index (χ1n) is 5.29. The van der Waals surface area contributed by atoms with Crippen LogP contribution in [0.15, 0.2) is 49.8 Å². The van der Waals surface area contributed by atoms with E-state index in [9.17, 15) is 0 Å². The van der Waals surface area contributed by atoms with Crippen molar-refractivity contribution in [3.63, 3.8) is 0 Å². The summed E-state index contributed by atoms with van der Waals surface area (Å²) in [6.45, 7) is 0. The summed E-state index contributed by atoms with van der Waals surface area (Å²) >= 11 is 15.5. The Bertz CT molecular complexity index is 644. The molecule has 0 heterocycles. The van der Waals surface area contributed by atoms with Crippen LogP contribution in [-0.4, -0.2) is 4.99 Å². The SMILES string of the molecule is NC(=S)c1ccc(Br)cc1Nc1ccc(Br)cc1Br. The molecule has 0 atom stereocenters. The van der Waals surface area contributed by atoms with Crippen LogP contribution in [0.5, 0.6) is 0 Å². The van der Waals surface area contributed by atoms with E-state index >= 15 is 0 Å². The summed E-state index contributed by atoms with van der Waals surface area (Å²) in [7, 11) is 0. The number of benzene rings is 2. The van der Waals surface area contributed by atoms with E-state index in [1.807, 2.05) is 36.4 Å². The molecule has 0 aliphatic heterocycles. The lowest BCUT2D eigenvalue weighted by Crippen LogP contribution is -2.12. The molecule has 2 aromatic rings. The molecule has 0 aromatic heterocycles. The zero-order valence-corrected chi connectivity index (χ0v) is 15.2. The summed E-state index contributed by atoms with van der Waals surface area (Å²) in [4.78, 5) is 0.364. The van der Waals surface area contributed by atoms with Crippen LogP contribution in [0.1, 0.15) is 5.56 Å². The predicted octanol–water partition coefficient (Wildman–Crippen LogP) is 5.35. The molecule has 0 aliphatic carbocycles. The lowest BCUT2D eigenvalue weighted by Gasteiger charge is -2.13. The highest BCUT2D eigenvalue weighted by Gasteiger charge is 2.08. The van der Waals surface area contributed by atoms with E-state index in [2.05, 4.69) is 53.1 Å². The fourth-order valence-electron chi connectivity index (χ4n) is 1.57. The van der Waals surface area contributed by atoms with Crippen LogP contribution in [0.25, 0.3) is 0 Å². The molecule has 0 saturated carbocycles. The zero-order valence-electron chi connectivity index (χ0n) is 9.58. The van der Waals surface area contributed by atoms with Gasteiger partial charge in [-0.3, -0.25) is 0 Å². The summed E-state index contributed by atoms with van der Waals surface area (Å²) in [6.07, 6.45) is 0. The molecule has 0 bridgehead atoms. The van der Waals surface area contributed by atoms with Gasteiger partial charge in [-0.15, -0.1) is 0 Å². The van der Waals surface area contributed by atoms with Crippen molar-refractivity contribution < 1.29 is 0 Å². The molecule has 2 rings (SSSR count). The van der Waals surface area contributed by atoms with Gasteiger partial charge in [0.2, 0.25) is 0 Å². The van der Waals surface area contributed by atoms with Crippen molar-refractivity contribution in [1.29, 1.82) is 0 Å². The quantitative estimate of drug-likeness (QED) is 0.601. The van der Waals surface area contributed by atoms with E-state index in [1.54, 1.807) is 0 Å². The van der Waals surface area contributed by atoms with Crippen molar-refractivity contribution in [2.75, 3.05) is 5.32 Å². The van der Waals surface area contributed by atoms with Gasteiger partial charge in [0.15, 0.2) is 0 Å². The van der Waals surface area contributed by atoms with Gasteiger partial charge >= 0.3 is 0 Å². The summed E-state index contributed by atoms with van der Waals surface area (Å²) in [5, 5.41) is 3.32. The lowest BCUT2D eigenvalue weighted by atomic mass is 10.1. The minimum Gasteiger partial charge on any atom is -0.389 e. The Kier molecular flexibility index (Phi) is 5.00. The van der Waals surface area contributed by atoms with Crippen molar-refractivity contribution in [2.45, 2.75) is 0 Å². The molecule has 0 spiro atoms. The molecule has 2 aromatic carbocycles. The third kappa shape index (κ3) is 3.78. The largest absolute Gasteiger partial charge is 0.389 e. The summed E-state index contributed by atoms with van der Waals surface area (Å²) in [5.41, 5.74) is 8.36. The minimum atomic E-state index is 0.364. The fourth-order valence-corrected chi connectivity index (χ4v) is 3.26. The number of anilines is 2. The number of nitrogens with one attached hydrogen (secondary N) is 1. The van der Waals surface area contributed by atoms with Crippen LogP contribution in [0.4, 0.5) is 11.4 Å². The Morgan fingerprint density at radius 2 is 1.58 bits per heavy atom. The van der Waals surface area contributed by atoms with Crippen LogP contribution in [-0.2, 0) is 0 Å². The van der Waals surface area contributed by atoms with Crippen molar-refractivity contribution in [1.82, 2.24) is 0 Å². The second kappa shape index (κ2) is 6.35. The minimum absolute atomic E-state index is 0.364. The van der Waals surface area contributed by atoms with Gasteiger partial charge in [0.05, 0.1) is 5.69 Å². The van der Waals surface area contributed by atoms with E-state index in [4.69, 9.17) is 18.0 Å². The third-order valence-electron chi connectivity index (χ3n) is 2.45. The Balaban J connectivity index is 2.42. The molecule has 0 saturated heterocycles. The molecule has 98 valence electrons. The Morgan fingerprint density at radius 3 is 2.21 bits per heavy atom. The van der Waals surface area contributed by atoms with Crippen LogP contribution in [0.2, 0.25) is 0 Å². The van der Waals surface area contributed by atoms with Gasteiger partial charge in [0.25, 0.3) is 0 Å². The first kappa shape index (κ1) is 15.0. The van der Waals surface area contributed by atoms with Gasteiger partial charge in [0, 0.05) is 24.7 Å². The third-order valence-corrected chi connectivity index (χ3v) is 4.31. The molecule has 0 aliphatic rings. The average molecular weight is 465 g/mol. The normalized spacial score (nSPS) is 10.3. The molecule has 0 amide bonds. The van der Waals surface area contributed by atoms with Gasteiger partial charge in [-0.1, -0.05) is 44.1 Å². The van der Waals surface area contributed by atoms with Crippen LogP contribution in [0.3, 0.4) is 0 Å². The predicted molar refractivity (Wildman–Crippen MR) is 95.2 cm³/mol. The first-order valence-corrected chi connectivity index (χ1v) is 8.07. The van der Waals surface area contributed by atoms with Crippen LogP contribution in [0, 0.1) is 0 Å². The monoisotopic (exact) mass is 462 g/mol. The highest BCUT2D eigenvalue weighted by Crippen LogP contribution is 2.31. The van der Waals surface area contributed by atoms with Gasteiger partial charge < -0.3 is 11.1 Å². The average Bonchev–Trinajstić information content (AvgIpc) is 2.32. The number of thiocarbonyl (C=S) groups is 1. The molecule has 0 fully saturated rings. The van der Waals surface area contributed by atoms with Crippen LogP contribution >= 0.6 is 60.0 Å². The number of hydrogen-bond donors (Lipinski definition) is 2. The maximum Gasteiger partial charge on any atom is 0.106 e. The molecule has 6 heteroatoms. The van der Waals surface area contributed by atoms with Crippen molar-refractivity contribution in [3.05, 3.63) is 55.4 Å². The zero-order chi connectivity index (χ0) is 14.0. The number of nitrogens with two attached hydrogens (primary N) is 1. The lowest BCUT2D eigenvalue weighted by molar-refractivity contribution is 1.48.